The molecule has 8 heteroatoms. The van der Waals surface area contributed by atoms with Gasteiger partial charge in [0.2, 0.25) is 0 Å². The molecule has 136 valence electrons. The third-order valence-corrected chi connectivity index (χ3v) is 5.31. The summed E-state index contributed by atoms with van der Waals surface area (Å²) in [6, 6.07) is 15.9. The Balaban J connectivity index is 0.00000312. The van der Waals surface area contributed by atoms with Crippen LogP contribution >= 0.6 is 35.6 Å². The summed E-state index contributed by atoms with van der Waals surface area (Å²) in [7, 11) is -1.66. The van der Waals surface area contributed by atoms with E-state index in [-0.39, 0.29) is 36.3 Å². The second-order valence-corrected chi connectivity index (χ2v) is 7.66. The zero-order valence-corrected chi connectivity index (χ0v) is 17.7. The first-order valence-electron chi connectivity index (χ1n) is 7.48. The van der Waals surface area contributed by atoms with Crippen LogP contribution in [-0.4, -0.2) is 33.7 Å². The van der Waals surface area contributed by atoms with Crippen LogP contribution < -0.4 is 10.6 Å². The topological polar surface area (TPSA) is 70.6 Å². The number of aliphatic imine (C=N–C) groups is 1. The van der Waals surface area contributed by atoms with Crippen LogP contribution in [0.4, 0.5) is 0 Å². The minimum atomic E-state index is -3.30. The zero-order valence-electron chi connectivity index (χ0n) is 13.8. The third-order valence-electron chi connectivity index (χ3n) is 3.34. The molecule has 0 aromatic heterocycles. The number of rotatable bonds is 6. The van der Waals surface area contributed by atoms with E-state index in [4.69, 9.17) is 11.6 Å². The number of hydrogen-bond donors (Lipinski definition) is 2. The fraction of sp³-hybridized carbons (Fsp3) is 0.235. The lowest BCUT2D eigenvalue weighted by Crippen LogP contribution is -2.39. The Bertz CT molecular complexity index is 799. The molecule has 25 heavy (non-hydrogen) atoms. The second kappa shape index (κ2) is 10.6. The molecule has 0 aliphatic heterocycles. The van der Waals surface area contributed by atoms with Gasteiger partial charge in [-0.1, -0.05) is 41.9 Å². The van der Waals surface area contributed by atoms with Crippen molar-refractivity contribution in [2.24, 2.45) is 4.99 Å². The summed E-state index contributed by atoms with van der Waals surface area (Å²) in [6.07, 6.45) is 0. The first-order chi connectivity index (χ1) is 11.5. The summed E-state index contributed by atoms with van der Waals surface area (Å²) in [6.45, 7) is 0.818. The van der Waals surface area contributed by atoms with E-state index in [0.29, 0.717) is 22.4 Å². The molecule has 0 saturated heterocycles. The van der Waals surface area contributed by atoms with Crippen molar-refractivity contribution in [3.05, 3.63) is 65.2 Å². The average molecular weight is 494 g/mol. The minimum Gasteiger partial charge on any atom is -0.355 e. The van der Waals surface area contributed by atoms with Crippen molar-refractivity contribution in [2.75, 3.05) is 19.3 Å². The molecule has 0 saturated carbocycles. The number of nitrogens with zero attached hydrogens (tertiary/aromatic N) is 1. The predicted octanol–water partition coefficient (Wildman–Crippen LogP) is 3.10. The fourth-order valence-electron chi connectivity index (χ4n) is 2.10. The molecule has 0 heterocycles. The Morgan fingerprint density at radius 3 is 2.44 bits per heavy atom. The van der Waals surface area contributed by atoms with Crippen molar-refractivity contribution in [1.82, 2.24) is 10.6 Å². The fourth-order valence-corrected chi connectivity index (χ4v) is 3.49. The van der Waals surface area contributed by atoms with Gasteiger partial charge < -0.3 is 10.6 Å². The van der Waals surface area contributed by atoms with Crippen LogP contribution in [0.3, 0.4) is 0 Å². The summed E-state index contributed by atoms with van der Waals surface area (Å²) in [5, 5.41) is 6.80. The van der Waals surface area contributed by atoms with Crippen LogP contribution in [0, 0.1) is 0 Å². The lowest BCUT2D eigenvalue weighted by molar-refractivity contribution is 0.594. The molecule has 2 aromatic carbocycles. The molecule has 2 N–H and O–H groups in total. The molecule has 2 rings (SSSR count). The van der Waals surface area contributed by atoms with E-state index in [1.807, 2.05) is 24.3 Å². The van der Waals surface area contributed by atoms with E-state index in [0.717, 1.165) is 5.56 Å². The summed E-state index contributed by atoms with van der Waals surface area (Å²) in [4.78, 5) is 4.41. The Hall–Kier alpha value is -1.32. The van der Waals surface area contributed by atoms with Crippen molar-refractivity contribution < 1.29 is 8.42 Å². The molecular weight excluding hydrogens is 473 g/mol. The van der Waals surface area contributed by atoms with Crippen molar-refractivity contribution in [1.29, 1.82) is 0 Å². The Labute approximate surface area is 170 Å². The largest absolute Gasteiger partial charge is 0.355 e. The Morgan fingerprint density at radius 2 is 1.80 bits per heavy atom. The van der Waals surface area contributed by atoms with Crippen molar-refractivity contribution in [3.8, 4) is 0 Å². The lowest BCUT2D eigenvalue weighted by Gasteiger charge is -2.12. The Kier molecular flexibility index (Phi) is 9.23. The standard InChI is InChI=1S/C17H20ClN3O2S.HI/c1-19-17(21-13-14-6-5-7-15(18)12-14)20-10-11-24(22,23)16-8-3-2-4-9-16;/h2-9,12H,10-11,13H2,1H3,(H2,19,20,21);1H. The van der Waals surface area contributed by atoms with Gasteiger partial charge in [0.1, 0.15) is 0 Å². The second-order valence-electron chi connectivity index (χ2n) is 5.11. The quantitative estimate of drug-likeness (QED) is 0.369. The maximum absolute atomic E-state index is 12.2. The molecule has 0 aliphatic rings. The highest BCUT2D eigenvalue weighted by Crippen LogP contribution is 2.10. The van der Waals surface area contributed by atoms with Crippen LogP contribution in [-0.2, 0) is 16.4 Å². The highest BCUT2D eigenvalue weighted by molar-refractivity contribution is 14.0. The molecule has 0 spiro atoms. The van der Waals surface area contributed by atoms with Crippen molar-refractivity contribution >= 4 is 51.4 Å². The van der Waals surface area contributed by atoms with E-state index >= 15 is 0 Å². The molecule has 2 aromatic rings. The molecule has 0 bridgehead atoms. The van der Waals surface area contributed by atoms with Crippen molar-refractivity contribution in [2.45, 2.75) is 11.4 Å². The van der Waals surface area contributed by atoms with Crippen molar-refractivity contribution in [3.63, 3.8) is 0 Å². The highest BCUT2D eigenvalue weighted by atomic mass is 127. The molecule has 0 amide bonds. The zero-order chi connectivity index (χ0) is 17.4. The number of sulfone groups is 1. The van der Waals surface area contributed by atoms with Crippen LogP contribution in [0.1, 0.15) is 5.56 Å². The molecular formula is C17H21ClIN3O2S. The molecule has 0 radical (unpaired) electrons. The molecule has 0 fully saturated rings. The highest BCUT2D eigenvalue weighted by Gasteiger charge is 2.13. The van der Waals surface area contributed by atoms with Gasteiger partial charge in [-0.05, 0) is 29.8 Å². The molecule has 0 unspecified atom stereocenters. The monoisotopic (exact) mass is 493 g/mol. The van der Waals surface area contributed by atoms with Gasteiger partial charge in [0, 0.05) is 25.2 Å². The van der Waals surface area contributed by atoms with Gasteiger partial charge in [0.15, 0.2) is 15.8 Å². The van der Waals surface area contributed by atoms with Gasteiger partial charge in [0.05, 0.1) is 10.6 Å². The first kappa shape index (κ1) is 21.7. The minimum absolute atomic E-state index is 0. The van der Waals surface area contributed by atoms with E-state index in [2.05, 4.69) is 15.6 Å². The number of benzene rings is 2. The summed E-state index contributed by atoms with van der Waals surface area (Å²) < 4.78 is 24.4. The van der Waals surface area contributed by atoms with E-state index < -0.39 is 9.84 Å². The molecule has 0 aliphatic carbocycles. The first-order valence-corrected chi connectivity index (χ1v) is 9.51. The SMILES string of the molecule is CN=C(NCCS(=O)(=O)c1ccccc1)NCc1cccc(Cl)c1.I. The van der Waals surface area contributed by atoms with Crippen LogP contribution in [0.5, 0.6) is 0 Å². The van der Waals surface area contributed by atoms with Crippen LogP contribution in [0.25, 0.3) is 0 Å². The van der Waals surface area contributed by atoms with Gasteiger partial charge >= 0.3 is 0 Å². The van der Waals surface area contributed by atoms with Crippen LogP contribution in [0.15, 0.2) is 64.5 Å². The van der Waals surface area contributed by atoms with Crippen LogP contribution in [0.2, 0.25) is 5.02 Å². The number of hydrogen-bond acceptors (Lipinski definition) is 3. The third kappa shape index (κ3) is 7.21. The summed E-state index contributed by atoms with van der Waals surface area (Å²) in [5.41, 5.74) is 1.02. The Morgan fingerprint density at radius 1 is 1.08 bits per heavy atom. The normalized spacial score (nSPS) is 11.5. The summed E-state index contributed by atoms with van der Waals surface area (Å²) in [5.74, 6) is 0.535. The van der Waals surface area contributed by atoms with Gasteiger partial charge in [-0.3, -0.25) is 4.99 Å². The van der Waals surface area contributed by atoms with Gasteiger partial charge in [-0.15, -0.1) is 24.0 Å². The molecule has 5 nitrogen and oxygen atoms in total. The van der Waals surface area contributed by atoms with E-state index in [1.165, 1.54) is 0 Å². The van der Waals surface area contributed by atoms with Gasteiger partial charge in [-0.25, -0.2) is 8.42 Å². The molecule has 0 atom stereocenters. The predicted molar refractivity (Wildman–Crippen MR) is 114 cm³/mol. The summed E-state index contributed by atoms with van der Waals surface area (Å²) >= 11 is 5.95. The average Bonchev–Trinajstić information content (AvgIpc) is 2.58. The van der Waals surface area contributed by atoms with E-state index in [9.17, 15) is 8.42 Å². The lowest BCUT2D eigenvalue weighted by atomic mass is 10.2. The maximum Gasteiger partial charge on any atom is 0.191 e. The van der Waals surface area contributed by atoms with Gasteiger partial charge in [0.25, 0.3) is 0 Å². The number of guanidine groups is 1. The number of halogens is 2. The van der Waals surface area contributed by atoms with Gasteiger partial charge in [-0.2, -0.15) is 0 Å². The number of nitrogens with one attached hydrogen (secondary N) is 2. The smallest absolute Gasteiger partial charge is 0.191 e. The maximum atomic E-state index is 12.2. The van der Waals surface area contributed by atoms with E-state index in [1.54, 1.807) is 37.4 Å².